The van der Waals surface area contributed by atoms with Crippen molar-refractivity contribution in [1.29, 1.82) is 0 Å². The third kappa shape index (κ3) is 5.61. The smallest absolute Gasteiger partial charge is 0.0719 e. The van der Waals surface area contributed by atoms with E-state index in [2.05, 4.69) is 246 Å². The molecule has 0 saturated heterocycles. The molecule has 62 heavy (non-hydrogen) atoms. The van der Waals surface area contributed by atoms with E-state index in [1.807, 2.05) is 0 Å². The fourth-order valence-electron chi connectivity index (χ4n) is 11.4. The highest BCUT2D eigenvalue weighted by Crippen LogP contribution is 2.62. The summed E-state index contributed by atoms with van der Waals surface area (Å²) < 4.78 is 0. The summed E-state index contributed by atoms with van der Waals surface area (Å²) in [6, 6.07) is 70.2. The quantitative estimate of drug-likeness (QED) is 0.162. The summed E-state index contributed by atoms with van der Waals surface area (Å²) in [5.41, 5.74) is 22.7. The fraction of sp³-hybridized carbons (Fsp3) is 0.148. The molecule has 0 aliphatic heterocycles. The molecule has 0 N–H and O–H groups in total. The number of allylic oxidation sites excluding steroid dienone is 3. The monoisotopic (exact) mass is 797 g/mol. The minimum atomic E-state index is -0.425. The van der Waals surface area contributed by atoms with Gasteiger partial charge in [-0.1, -0.05) is 197 Å². The van der Waals surface area contributed by atoms with E-state index in [0.717, 1.165) is 17.8 Å². The number of aryl methyl sites for hydroxylation is 1. The molecule has 0 bridgehead atoms. The molecule has 0 aromatic heterocycles. The van der Waals surface area contributed by atoms with E-state index in [0.29, 0.717) is 0 Å². The molecule has 0 radical (unpaired) electrons. The van der Waals surface area contributed by atoms with Crippen LogP contribution >= 0.6 is 0 Å². The molecular formula is C61H51N. The standard InChI is InChI=1S/C61H51N/c1-41-18-9-10-21-48(41)49-23-17-29-52(42(49)2)60(5)38-36-46(37-39-60)62(45-32-30-44(31-33-45)43-19-7-6-8-20-43)47-34-35-54-51(40-47)50-22-11-12-24-53(50)61(54)57-27-15-13-25-55(57)59(3,4)56-26-14-16-28-58(56)61/h6-38,40H,39H2,1-5H3. The molecule has 0 saturated carbocycles. The van der Waals surface area contributed by atoms with Gasteiger partial charge in [0.25, 0.3) is 0 Å². The van der Waals surface area contributed by atoms with Gasteiger partial charge in [-0.25, -0.2) is 0 Å². The first-order chi connectivity index (χ1) is 30.2. The summed E-state index contributed by atoms with van der Waals surface area (Å²) in [7, 11) is 0. The van der Waals surface area contributed by atoms with Gasteiger partial charge in [0.05, 0.1) is 5.41 Å². The Morgan fingerprint density at radius 1 is 0.419 bits per heavy atom. The topological polar surface area (TPSA) is 3.24 Å². The lowest BCUT2D eigenvalue weighted by molar-refractivity contribution is 0.563. The van der Waals surface area contributed by atoms with E-state index in [-0.39, 0.29) is 10.8 Å². The molecule has 1 nitrogen and oxygen atoms in total. The number of anilines is 2. The molecule has 8 aromatic carbocycles. The van der Waals surface area contributed by atoms with Crippen molar-refractivity contribution in [3.05, 3.63) is 262 Å². The summed E-state index contributed by atoms with van der Waals surface area (Å²) in [6.07, 6.45) is 8.17. The van der Waals surface area contributed by atoms with Crippen molar-refractivity contribution in [3.63, 3.8) is 0 Å². The Balaban J connectivity index is 1.06. The largest absolute Gasteiger partial charge is 0.311 e. The first kappa shape index (κ1) is 38.0. The normalized spacial score (nSPS) is 17.4. The molecule has 8 aromatic rings. The summed E-state index contributed by atoms with van der Waals surface area (Å²) in [4.78, 5) is 2.47. The van der Waals surface area contributed by atoms with Crippen LogP contribution in [0.25, 0.3) is 33.4 Å². The van der Waals surface area contributed by atoms with E-state index >= 15 is 0 Å². The Hall–Kier alpha value is -6.96. The zero-order valence-corrected chi connectivity index (χ0v) is 36.3. The molecule has 1 heteroatoms. The Kier molecular flexibility index (Phi) is 8.78. The van der Waals surface area contributed by atoms with Crippen LogP contribution in [-0.4, -0.2) is 0 Å². The average Bonchev–Trinajstić information content (AvgIpc) is 3.60. The summed E-state index contributed by atoms with van der Waals surface area (Å²) in [5.74, 6) is 0. The van der Waals surface area contributed by atoms with Gasteiger partial charge in [0.15, 0.2) is 0 Å². The van der Waals surface area contributed by atoms with Crippen LogP contribution in [0.15, 0.2) is 212 Å². The van der Waals surface area contributed by atoms with Gasteiger partial charge in [0.1, 0.15) is 0 Å². The van der Waals surface area contributed by atoms with Gasteiger partial charge < -0.3 is 4.90 Å². The Morgan fingerprint density at radius 3 is 1.61 bits per heavy atom. The van der Waals surface area contributed by atoms with Crippen LogP contribution in [-0.2, 0) is 16.2 Å². The molecule has 3 aliphatic rings. The molecule has 0 fully saturated rings. The fourth-order valence-corrected chi connectivity index (χ4v) is 11.4. The SMILES string of the molecule is Cc1ccccc1-c1cccc(C2(C)C=CC(N(c3ccc(-c4ccccc4)cc3)c3ccc4c(c3)-c3ccccc3C43c4ccccc4C(C)(C)c4ccccc43)=CC2)c1C. The molecule has 300 valence electrons. The number of fused-ring (bicyclic) bond motifs is 9. The van der Waals surface area contributed by atoms with E-state index < -0.39 is 5.41 Å². The third-order valence-corrected chi connectivity index (χ3v) is 14.5. The zero-order valence-electron chi connectivity index (χ0n) is 36.3. The highest BCUT2D eigenvalue weighted by atomic mass is 15.1. The summed E-state index contributed by atoms with van der Waals surface area (Å²) in [5, 5.41) is 0. The lowest BCUT2D eigenvalue weighted by Crippen LogP contribution is -2.40. The number of hydrogen-bond acceptors (Lipinski definition) is 1. The van der Waals surface area contributed by atoms with Crippen LogP contribution in [0, 0.1) is 13.8 Å². The Bertz CT molecular complexity index is 3060. The van der Waals surface area contributed by atoms with Crippen molar-refractivity contribution in [1.82, 2.24) is 0 Å². The summed E-state index contributed by atoms with van der Waals surface area (Å²) in [6.45, 7) is 11.7. The molecule has 11 rings (SSSR count). The van der Waals surface area contributed by atoms with E-state index in [1.54, 1.807) is 0 Å². The van der Waals surface area contributed by atoms with Gasteiger partial charge in [-0.3, -0.25) is 0 Å². The number of benzene rings is 8. The van der Waals surface area contributed by atoms with Crippen LogP contribution in [0.1, 0.15) is 77.3 Å². The third-order valence-electron chi connectivity index (χ3n) is 14.5. The van der Waals surface area contributed by atoms with Crippen LogP contribution in [0.2, 0.25) is 0 Å². The van der Waals surface area contributed by atoms with Gasteiger partial charge in [0.2, 0.25) is 0 Å². The van der Waals surface area contributed by atoms with Gasteiger partial charge in [-0.15, -0.1) is 0 Å². The average molecular weight is 798 g/mol. The second-order valence-corrected chi connectivity index (χ2v) is 18.4. The first-order valence-electron chi connectivity index (χ1n) is 22.2. The van der Waals surface area contributed by atoms with Crippen molar-refractivity contribution in [2.24, 2.45) is 0 Å². The van der Waals surface area contributed by atoms with Gasteiger partial charge >= 0.3 is 0 Å². The predicted molar refractivity (Wildman–Crippen MR) is 260 cm³/mol. The lowest BCUT2D eigenvalue weighted by atomic mass is 9.55. The molecule has 0 amide bonds. The van der Waals surface area contributed by atoms with Gasteiger partial charge in [0, 0.05) is 27.9 Å². The second-order valence-electron chi connectivity index (χ2n) is 18.4. The van der Waals surface area contributed by atoms with E-state index in [9.17, 15) is 0 Å². The van der Waals surface area contributed by atoms with Gasteiger partial charge in [-0.2, -0.15) is 0 Å². The van der Waals surface area contributed by atoms with Crippen molar-refractivity contribution in [3.8, 4) is 33.4 Å². The lowest BCUT2D eigenvalue weighted by Gasteiger charge is -2.46. The molecular weight excluding hydrogens is 747 g/mol. The number of rotatable bonds is 6. The Labute approximate surface area is 367 Å². The minimum absolute atomic E-state index is 0.132. The van der Waals surface area contributed by atoms with Crippen molar-refractivity contribution < 1.29 is 0 Å². The molecule has 1 spiro atoms. The minimum Gasteiger partial charge on any atom is -0.311 e. The molecule has 3 aliphatic carbocycles. The highest BCUT2D eigenvalue weighted by Gasteiger charge is 2.53. The molecule has 0 heterocycles. The highest BCUT2D eigenvalue weighted by molar-refractivity contribution is 5.91. The zero-order chi connectivity index (χ0) is 42.2. The maximum Gasteiger partial charge on any atom is 0.0719 e. The first-order valence-corrected chi connectivity index (χ1v) is 22.2. The van der Waals surface area contributed by atoms with Crippen LogP contribution < -0.4 is 4.90 Å². The Morgan fingerprint density at radius 2 is 0.952 bits per heavy atom. The van der Waals surface area contributed by atoms with E-state index in [1.165, 1.54) is 89.1 Å². The second kappa shape index (κ2) is 14.3. The van der Waals surface area contributed by atoms with Gasteiger partial charge in [-0.05, 0) is 134 Å². The molecule has 1 atom stereocenters. The van der Waals surface area contributed by atoms with E-state index in [4.69, 9.17) is 0 Å². The van der Waals surface area contributed by atoms with Crippen molar-refractivity contribution in [2.75, 3.05) is 4.90 Å². The number of hydrogen-bond donors (Lipinski definition) is 0. The van der Waals surface area contributed by atoms with Crippen molar-refractivity contribution in [2.45, 2.75) is 57.3 Å². The maximum atomic E-state index is 2.47. The van der Waals surface area contributed by atoms with Crippen LogP contribution in [0.4, 0.5) is 11.4 Å². The van der Waals surface area contributed by atoms with Crippen molar-refractivity contribution >= 4 is 11.4 Å². The number of nitrogens with zero attached hydrogens (tertiary/aromatic N) is 1. The summed E-state index contributed by atoms with van der Waals surface area (Å²) >= 11 is 0. The van der Waals surface area contributed by atoms with Crippen LogP contribution in [0.5, 0.6) is 0 Å². The van der Waals surface area contributed by atoms with Crippen LogP contribution in [0.3, 0.4) is 0 Å². The maximum absolute atomic E-state index is 2.47. The molecule has 1 unspecified atom stereocenters. The predicted octanol–water partition coefficient (Wildman–Crippen LogP) is 15.6.